The van der Waals surface area contributed by atoms with Crippen molar-refractivity contribution in [3.8, 4) is 11.1 Å². The van der Waals surface area contributed by atoms with Crippen molar-refractivity contribution in [2.45, 2.75) is 13.1 Å². The second-order valence-corrected chi connectivity index (χ2v) is 8.50. The van der Waals surface area contributed by atoms with Crippen LogP contribution in [0.25, 0.3) is 21.3 Å². The summed E-state index contributed by atoms with van der Waals surface area (Å²) >= 11 is 6.69. The van der Waals surface area contributed by atoms with Crippen LogP contribution in [-0.2, 0) is 20.3 Å². The molecule has 0 spiro atoms. The molecule has 0 aliphatic heterocycles. The Labute approximate surface area is 193 Å². The molecule has 0 unspecified atom stereocenters. The van der Waals surface area contributed by atoms with Gasteiger partial charge in [0.25, 0.3) is 11.8 Å². The number of alkyl halides is 3. The molecule has 0 saturated heterocycles. The summed E-state index contributed by atoms with van der Waals surface area (Å²) < 4.78 is 43.5. The van der Waals surface area contributed by atoms with Gasteiger partial charge in [0.1, 0.15) is 21.1 Å². The minimum atomic E-state index is -4.75. The normalized spacial score (nSPS) is 11.8. The number of hydrogen-bond donors (Lipinski definition) is 2. The molecular weight excluding hydrogens is 483 g/mol. The van der Waals surface area contributed by atoms with Gasteiger partial charge in [0.2, 0.25) is 0 Å². The zero-order chi connectivity index (χ0) is 24.2. The van der Waals surface area contributed by atoms with Crippen molar-refractivity contribution in [1.82, 2.24) is 24.5 Å². The number of nitrogens with one attached hydrogen (secondary N) is 1. The SMILES string of the molecule is Cc1c(-c2cc(C(F)(F)F)nc3sc(C(N)=O)c(NC(=O)c4c(Cl)cnn4C)c23)cnn1C. The molecule has 0 aliphatic rings. The highest BCUT2D eigenvalue weighted by atomic mass is 35.5. The first-order valence-electron chi connectivity index (χ1n) is 9.22. The van der Waals surface area contributed by atoms with E-state index in [1.54, 1.807) is 14.0 Å². The van der Waals surface area contributed by atoms with Crippen LogP contribution in [0.4, 0.5) is 18.9 Å². The zero-order valence-electron chi connectivity index (χ0n) is 17.3. The first kappa shape index (κ1) is 22.7. The van der Waals surface area contributed by atoms with Crippen LogP contribution in [0.2, 0.25) is 5.02 Å². The summed E-state index contributed by atoms with van der Waals surface area (Å²) in [6.07, 6.45) is -2.09. The van der Waals surface area contributed by atoms with Gasteiger partial charge in [-0.1, -0.05) is 11.6 Å². The third-order valence-corrected chi connectivity index (χ3v) is 6.42. The average molecular weight is 498 g/mol. The highest BCUT2D eigenvalue weighted by molar-refractivity contribution is 7.21. The van der Waals surface area contributed by atoms with Gasteiger partial charge in [-0.15, -0.1) is 11.3 Å². The average Bonchev–Trinajstić information content (AvgIpc) is 3.37. The van der Waals surface area contributed by atoms with Crippen molar-refractivity contribution in [1.29, 1.82) is 0 Å². The maximum absolute atomic E-state index is 13.6. The number of hydrogen-bond acceptors (Lipinski definition) is 6. The molecule has 3 N–H and O–H groups in total. The maximum Gasteiger partial charge on any atom is 0.433 e. The molecule has 4 heterocycles. The van der Waals surface area contributed by atoms with Crippen molar-refractivity contribution in [3.63, 3.8) is 0 Å². The lowest BCUT2D eigenvalue weighted by atomic mass is 10.0. The van der Waals surface area contributed by atoms with Crippen LogP contribution >= 0.6 is 22.9 Å². The van der Waals surface area contributed by atoms with Crippen LogP contribution in [0.15, 0.2) is 18.5 Å². The van der Waals surface area contributed by atoms with Crippen molar-refractivity contribution in [2.75, 3.05) is 5.32 Å². The number of amides is 2. The Bertz CT molecular complexity index is 1420. The Morgan fingerprint density at radius 3 is 2.33 bits per heavy atom. The highest BCUT2D eigenvalue weighted by Crippen LogP contribution is 2.44. The van der Waals surface area contributed by atoms with Crippen molar-refractivity contribution in [3.05, 3.63) is 45.4 Å². The molecule has 9 nitrogen and oxygen atoms in total. The highest BCUT2D eigenvalue weighted by Gasteiger charge is 2.35. The predicted molar refractivity (Wildman–Crippen MR) is 116 cm³/mol. The molecule has 14 heteroatoms. The summed E-state index contributed by atoms with van der Waals surface area (Å²) in [4.78, 5) is 28.5. The number of carbonyl (C=O) groups is 2. The molecule has 33 heavy (non-hydrogen) atoms. The third-order valence-electron chi connectivity index (χ3n) is 5.05. The molecule has 4 aromatic rings. The summed E-state index contributed by atoms with van der Waals surface area (Å²) in [5.41, 5.74) is 5.29. The number of halogens is 4. The quantitative estimate of drug-likeness (QED) is 0.444. The van der Waals surface area contributed by atoms with E-state index in [1.165, 1.54) is 28.8 Å². The molecule has 4 aromatic heterocycles. The van der Waals surface area contributed by atoms with Gasteiger partial charge in [-0.2, -0.15) is 23.4 Å². The summed E-state index contributed by atoms with van der Waals surface area (Å²) in [7, 11) is 3.13. The zero-order valence-corrected chi connectivity index (χ0v) is 18.9. The van der Waals surface area contributed by atoms with Gasteiger partial charge in [-0.3, -0.25) is 19.0 Å². The second-order valence-electron chi connectivity index (χ2n) is 7.09. The smallest absolute Gasteiger partial charge is 0.365 e. The Kier molecular flexibility index (Phi) is 5.41. The van der Waals surface area contributed by atoms with Crippen LogP contribution in [0.5, 0.6) is 0 Å². The third kappa shape index (κ3) is 3.82. The van der Waals surface area contributed by atoms with E-state index in [9.17, 15) is 22.8 Å². The molecule has 0 radical (unpaired) electrons. The van der Waals surface area contributed by atoms with Crippen LogP contribution in [0, 0.1) is 6.92 Å². The van der Waals surface area contributed by atoms with E-state index in [2.05, 4.69) is 20.5 Å². The van der Waals surface area contributed by atoms with E-state index in [4.69, 9.17) is 17.3 Å². The van der Waals surface area contributed by atoms with Gasteiger partial charge in [0.05, 0.1) is 23.1 Å². The van der Waals surface area contributed by atoms with Crippen molar-refractivity contribution in [2.24, 2.45) is 19.8 Å². The molecular formula is C19H15ClF3N7O2S. The van der Waals surface area contributed by atoms with Crippen molar-refractivity contribution < 1.29 is 22.8 Å². The number of carbonyl (C=O) groups excluding carboxylic acids is 2. The molecule has 0 fully saturated rings. The number of aryl methyl sites for hydroxylation is 2. The standard InChI is InChI=1S/C19H15ClF3N7O2S/c1-7-9(5-25-29(7)2)8-4-11(19(21,22)23)27-18-12(8)13(15(33-18)16(24)31)28-17(32)14-10(20)6-26-30(14)3/h4-6H,1-3H3,(H2,24,31)(H,28,32). The number of nitrogens with zero attached hydrogens (tertiary/aromatic N) is 5. The van der Waals surface area contributed by atoms with Crippen molar-refractivity contribution >= 4 is 50.7 Å². The van der Waals surface area contributed by atoms with E-state index < -0.39 is 23.7 Å². The molecule has 0 saturated carbocycles. The molecule has 172 valence electrons. The number of pyridine rings is 1. The van der Waals surface area contributed by atoms with E-state index >= 15 is 0 Å². The van der Waals surface area contributed by atoms with Gasteiger partial charge in [0, 0.05) is 30.7 Å². The predicted octanol–water partition coefficient (Wildman–Crippen LogP) is 3.76. The van der Waals surface area contributed by atoms with Gasteiger partial charge >= 0.3 is 6.18 Å². The fraction of sp³-hybridized carbons (Fsp3) is 0.211. The van der Waals surface area contributed by atoms with E-state index in [-0.39, 0.29) is 37.1 Å². The number of fused-ring (bicyclic) bond motifs is 1. The minimum absolute atomic E-state index is 0.00887. The largest absolute Gasteiger partial charge is 0.433 e. The van der Waals surface area contributed by atoms with Gasteiger partial charge in [0.15, 0.2) is 0 Å². The lowest BCUT2D eigenvalue weighted by molar-refractivity contribution is -0.140. The number of primary amides is 1. The summed E-state index contributed by atoms with van der Waals surface area (Å²) in [6, 6.07) is 0.858. The first-order valence-corrected chi connectivity index (χ1v) is 10.4. The monoisotopic (exact) mass is 497 g/mol. The molecule has 2 amide bonds. The molecule has 4 rings (SSSR count). The topological polar surface area (TPSA) is 121 Å². The molecule has 0 aliphatic carbocycles. The second kappa shape index (κ2) is 7.85. The summed E-state index contributed by atoms with van der Waals surface area (Å²) in [6.45, 7) is 1.68. The fourth-order valence-corrected chi connectivity index (χ4v) is 4.61. The molecule has 0 atom stereocenters. The lowest BCUT2D eigenvalue weighted by Crippen LogP contribution is -2.19. The Balaban J connectivity index is 2.03. The van der Waals surface area contributed by atoms with Crippen LogP contribution in [-0.4, -0.2) is 36.4 Å². The first-order chi connectivity index (χ1) is 15.4. The molecule has 0 bridgehead atoms. The number of anilines is 1. The fourth-order valence-electron chi connectivity index (χ4n) is 3.35. The number of thiophene rings is 1. The van der Waals surface area contributed by atoms with E-state index in [0.717, 1.165) is 6.07 Å². The Morgan fingerprint density at radius 1 is 1.15 bits per heavy atom. The number of rotatable bonds is 4. The molecule has 0 aromatic carbocycles. The summed E-state index contributed by atoms with van der Waals surface area (Å²) in [5.74, 6) is -1.66. The minimum Gasteiger partial charge on any atom is -0.365 e. The van der Waals surface area contributed by atoms with E-state index in [0.29, 0.717) is 22.6 Å². The van der Waals surface area contributed by atoms with Crippen LogP contribution < -0.4 is 11.1 Å². The number of aromatic nitrogens is 5. The van der Waals surface area contributed by atoms with Gasteiger partial charge in [-0.25, -0.2) is 4.98 Å². The Morgan fingerprint density at radius 2 is 1.82 bits per heavy atom. The van der Waals surface area contributed by atoms with E-state index in [1.807, 2.05) is 0 Å². The lowest BCUT2D eigenvalue weighted by Gasteiger charge is -2.12. The summed E-state index contributed by atoms with van der Waals surface area (Å²) in [5, 5.41) is 10.7. The van der Waals surface area contributed by atoms with Gasteiger partial charge < -0.3 is 11.1 Å². The van der Waals surface area contributed by atoms with Crippen LogP contribution in [0.3, 0.4) is 0 Å². The van der Waals surface area contributed by atoms with Gasteiger partial charge in [-0.05, 0) is 18.6 Å². The maximum atomic E-state index is 13.6. The Hall–Kier alpha value is -3.45. The van der Waals surface area contributed by atoms with Crippen LogP contribution in [0.1, 0.15) is 31.5 Å². The number of nitrogens with two attached hydrogens (primary N) is 1.